The van der Waals surface area contributed by atoms with Crippen molar-refractivity contribution in [2.24, 2.45) is 29.1 Å². The lowest BCUT2D eigenvalue weighted by molar-refractivity contribution is -0.143. The molecule has 4 aliphatic rings. The van der Waals surface area contributed by atoms with Gasteiger partial charge in [0, 0.05) is 17.4 Å². The van der Waals surface area contributed by atoms with Crippen molar-refractivity contribution in [2.75, 3.05) is 4.90 Å². The smallest absolute Gasteiger partial charge is 0.416 e. The van der Waals surface area contributed by atoms with Crippen molar-refractivity contribution in [2.45, 2.75) is 51.4 Å². The summed E-state index contributed by atoms with van der Waals surface area (Å²) in [7, 11) is 0. The van der Waals surface area contributed by atoms with Crippen LogP contribution in [0.2, 0.25) is 0 Å². The van der Waals surface area contributed by atoms with Crippen LogP contribution in [0.1, 0.15) is 54.9 Å². The molecule has 0 spiro atoms. The number of carbonyl (C=O) groups is 4. The number of halogens is 6. The molecule has 6 atom stereocenters. The number of rotatable bonds is 4. The minimum atomic E-state index is -5.20. The Bertz CT molecular complexity index is 1790. The number of amides is 2. The molecule has 1 N–H and O–H groups in total. The first-order valence-corrected chi connectivity index (χ1v) is 15.0. The zero-order valence-corrected chi connectivity index (χ0v) is 25.2. The number of para-hydroxylation sites is 1. The summed E-state index contributed by atoms with van der Waals surface area (Å²) in [5.41, 5.74) is -4.05. The highest BCUT2D eigenvalue weighted by molar-refractivity contribution is 6.22. The molecule has 2 amide bonds. The molecule has 0 bridgehead atoms. The van der Waals surface area contributed by atoms with Crippen molar-refractivity contribution < 1.29 is 50.6 Å². The molecular formula is C35H29F6NO5. The molecule has 2 aromatic rings. The summed E-state index contributed by atoms with van der Waals surface area (Å²) in [6.07, 6.45) is -5.80. The second kappa shape index (κ2) is 10.8. The third-order valence-electron chi connectivity index (χ3n) is 10.3. The van der Waals surface area contributed by atoms with Crippen LogP contribution in [0.25, 0.3) is 0 Å². The van der Waals surface area contributed by atoms with Gasteiger partial charge in [0.05, 0.1) is 34.1 Å². The second-order valence-corrected chi connectivity index (χ2v) is 12.9. The average Bonchev–Trinajstić information content (AvgIpc) is 3.25. The van der Waals surface area contributed by atoms with Crippen molar-refractivity contribution in [3.63, 3.8) is 0 Å². The van der Waals surface area contributed by atoms with E-state index in [0.29, 0.717) is 33.7 Å². The maximum Gasteiger partial charge on any atom is 0.416 e. The second-order valence-electron chi connectivity index (χ2n) is 12.9. The summed E-state index contributed by atoms with van der Waals surface area (Å²) < 4.78 is 82.1. The number of Topliss-reactive ketones (excluding diaryl/α,β-unsaturated/α-hetero) is 1. The van der Waals surface area contributed by atoms with Crippen LogP contribution in [0.15, 0.2) is 72.4 Å². The van der Waals surface area contributed by atoms with Crippen molar-refractivity contribution in [3.05, 3.63) is 94.6 Å². The van der Waals surface area contributed by atoms with Crippen LogP contribution in [0, 0.1) is 29.1 Å². The van der Waals surface area contributed by atoms with E-state index in [2.05, 4.69) is 6.58 Å². The van der Waals surface area contributed by atoms with Crippen LogP contribution in [0.5, 0.6) is 5.75 Å². The zero-order valence-electron chi connectivity index (χ0n) is 25.2. The van der Waals surface area contributed by atoms with Crippen LogP contribution in [-0.4, -0.2) is 28.5 Å². The van der Waals surface area contributed by atoms with Gasteiger partial charge in [-0.25, -0.2) is 4.90 Å². The Labute approximate surface area is 265 Å². The number of aromatic hydroxyl groups is 1. The number of ketones is 2. The van der Waals surface area contributed by atoms with E-state index in [0.717, 1.165) is 0 Å². The van der Waals surface area contributed by atoms with Gasteiger partial charge in [-0.1, -0.05) is 42.8 Å². The normalized spacial score (nSPS) is 29.2. The summed E-state index contributed by atoms with van der Waals surface area (Å²) in [6.45, 7) is 6.87. The predicted octanol–water partition coefficient (Wildman–Crippen LogP) is 7.12. The first kappa shape index (κ1) is 32.5. The third-order valence-corrected chi connectivity index (χ3v) is 10.3. The lowest BCUT2D eigenvalue weighted by atomic mass is 9.47. The number of allylic oxidation sites excluding steroid dienone is 5. The number of anilines is 1. The Kier molecular flexibility index (Phi) is 7.45. The zero-order chi connectivity index (χ0) is 34.4. The SMILES string of the molecule is C=CCc1cccc([C@H]2C3=CC[C@@H]4C(=O)N(c5cc(C(F)(F)F)cc(C(F)(F)F)c5)C(=O)[C@@H]4[C@@H]3C[C@H]3C(=O)C=C(C)C(=O)[C@@]23C)c1O. The van der Waals surface area contributed by atoms with E-state index in [4.69, 9.17) is 0 Å². The molecule has 1 saturated heterocycles. The molecule has 1 heterocycles. The van der Waals surface area contributed by atoms with E-state index in [9.17, 15) is 50.6 Å². The fraction of sp³-hybridized carbons (Fsp3) is 0.371. The first-order chi connectivity index (χ1) is 21.9. The average molecular weight is 658 g/mol. The van der Waals surface area contributed by atoms with Gasteiger partial charge >= 0.3 is 12.4 Å². The van der Waals surface area contributed by atoms with Crippen molar-refractivity contribution in [1.29, 1.82) is 0 Å². The number of carbonyl (C=O) groups excluding carboxylic acids is 4. The van der Waals surface area contributed by atoms with Gasteiger partial charge in [0.25, 0.3) is 0 Å². The number of imide groups is 1. The Hall–Kier alpha value is -4.48. The van der Waals surface area contributed by atoms with Crippen LogP contribution in [-0.2, 0) is 38.0 Å². The topological polar surface area (TPSA) is 91.8 Å². The van der Waals surface area contributed by atoms with Crippen LogP contribution >= 0.6 is 0 Å². The first-order valence-electron chi connectivity index (χ1n) is 15.0. The number of hydrogen-bond donors (Lipinski definition) is 1. The van der Waals surface area contributed by atoms with Gasteiger partial charge in [-0.2, -0.15) is 26.3 Å². The Morgan fingerprint density at radius 1 is 0.979 bits per heavy atom. The minimum Gasteiger partial charge on any atom is -0.507 e. The number of hydrogen-bond acceptors (Lipinski definition) is 5. The summed E-state index contributed by atoms with van der Waals surface area (Å²) >= 11 is 0. The highest BCUT2D eigenvalue weighted by atomic mass is 19.4. The Morgan fingerprint density at radius 2 is 1.62 bits per heavy atom. The van der Waals surface area contributed by atoms with Gasteiger partial charge in [-0.15, -0.1) is 6.58 Å². The fourth-order valence-corrected chi connectivity index (χ4v) is 8.23. The van der Waals surface area contributed by atoms with E-state index in [1.165, 1.54) is 13.0 Å². The highest BCUT2D eigenvalue weighted by Gasteiger charge is 2.64. The van der Waals surface area contributed by atoms with Gasteiger partial charge in [0.15, 0.2) is 11.6 Å². The molecule has 0 unspecified atom stereocenters. The number of alkyl halides is 6. The molecule has 6 rings (SSSR count). The van der Waals surface area contributed by atoms with Gasteiger partial charge in [-0.05, 0) is 67.5 Å². The van der Waals surface area contributed by atoms with E-state index in [1.807, 2.05) is 0 Å². The number of phenolic OH excluding ortho intramolecular Hbond substituents is 1. The monoisotopic (exact) mass is 657 g/mol. The molecule has 0 radical (unpaired) electrons. The molecule has 2 fully saturated rings. The highest BCUT2D eigenvalue weighted by Crippen LogP contribution is 2.63. The van der Waals surface area contributed by atoms with Crippen LogP contribution in [0.4, 0.5) is 32.0 Å². The predicted molar refractivity (Wildman–Crippen MR) is 157 cm³/mol. The van der Waals surface area contributed by atoms with E-state index in [1.54, 1.807) is 37.3 Å². The van der Waals surface area contributed by atoms with Crippen LogP contribution in [0.3, 0.4) is 0 Å². The maximum absolute atomic E-state index is 14.1. The summed E-state index contributed by atoms with van der Waals surface area (Å²) in [4.78, 5) is 55.7. The molecule has 47 heavy (non-hydrogen) atoms. The summed E-state index contributed by atoms with van der Waals surface area (Å²) in [5, 5.41) is 11.4. The largest absolute Gasteiger partial charge is 0.507 e. The lowest BCUT2D eigenvalue weighted by Gasteiger charge is -2.53. The van der Waals surface area contributed by atoms with E-state index < -0.39 is 76.0 Å². The van der Waals surface area contributed by atoms with E-state index >= 15 is 0 Å². The molecule has 6 nitrogen and oxygen atoms in total. The summed E-state index contributed by atoms with van der Waals surface area (Å²) in [6, 6.07) is 5.58. The van der Waals surface area contributed by atoms with Crippen molar-refractivity contribution in [1.82, 2.24) is 0 Å². The summed E-state index contributed by atoms with van der Waals surface area (Å²) in [5.74, 6) is -7.95. The van der Waals surface area contributed by atoms with Gasteiger partial charge in [0.2, 0.25) is 11.8 Å². The molecule has 1 saturated carbocycles. The molecular weight excluding hydrogens is 628 g/mol. The van der Waals surface area contributed by atoms with Crippen molar-refractivity contribution in [3.8, 4) is 5.75 Å². The number of benzene rings is 2. The lowest BCUT2D eigenvalue weighted by Crippen LogP contribution is -2.54. The van der Waals surface area contributed by atoms with Gasteiger partial charge in [-0.3, -0.25) is 19.2 Å². The van der Waals surface area contributed by atoms with Crippen LogP contribution < -0.4 is 4.90 Å². The molecule has 0 aromatic heterocycles. The quantitative estimate of drug-likeness (QED) is 0.215. The van der Waals surface area contributed by atoms with Gasteiger partial charge in [0.1, 0.15) is 5.75 Å². The number of nitrogens with zero attached hydrogens (tertiary/aromatic N) is 1. The molecule has 3 aliphatic carbocycles. The third kappa shape index (κ3) is 4.86. The molecule has 1 aliphatic heterocycles. The maximum atomic E-state index is 14.1. The number of phenols is 1. The molecule has 2 aromatic carbocycles. The minimum absolute atomic E-state index is 0.0648. The van der Waals surface area contributed by atoms with Gasteiger partial charge < -0.3 is 5.11 Å². The standard InChI is InChI=1S/C35H29F6NO5/c1-4-6-17-7-5-8-23(29(17)44)28-21-9-10-22-27(24(21)15-25-26(43)11-16(2)30(45)33(25,28)3)32(47)42(31(22)46)20-13-18(34(36,37)38)12-19(14-20)35(39,40)41/h4-5,7-9,11-14,22,24-25,27-28,44H,1,6,10,15H2,2-3H3/t22-,24+,25-,27-,28+,33+/m0/s1. The Balaban J connectivity index is 1.50. The Morgan fingerprint density at radius 3 is 2.21 bits per heavy atom. The van der Waals surface area contributed by atoms with Crippen molar-refractivity contribution >= 4 is 29.1 Å². The van der Waals surface area contributed by atoms with E-state index in [-0.39, 0.29) is 48.2 Å². The fourth-order valence-electron chi connectivity index (χ4n) is 8.23. The molecule has 12 heteroatoms. The molecule has 246 valence electrons. The number of fused-ring (bicyclic) bond motifs is 4.